The van der Waals surface area contributed by atoms with E-state index in [1.54, 1.807) is 0 Å². The molecule has 3 aromatic carbocycles. The molecular formula is C37H38O19. The van der Waals surface area contributed by atoms with Crippen molar-refractivity contribution in [3.05, 3.63) is 76.5 Å². The van der Waals surface area contributed by atoms with E-state index >= 15 is 0 Å². The zero-order valence-electron chi connectivity index (χ0n) is 29.2. The number of methoxy groups -OCH3 is 1. The first-order valence-corrected chi connectivity index (χ1v) is 16.9. The normalized spacial score (nSPS) is 28.0. The summed E-state index contributed by atoms with van der Waals surface area (Å²) in [6, 6.07) is 11.4. The number of hydrogen-bond donors (Lipinski definition) is 10. The van der Waals surface area contributed by atoms with Crippen molar-refractivity contribution in [3.63, 3.8) is 0 Å². The van der Waals surface area contributed by atoms with Gasteiger partial charge in [0, 0.05) is 23.8 Å². The lowest BCUT2D eigenvalue weighted by Gasteiger charge is -2.43. The van der Waals surface area contributed by atoms with Crippen LogP contribution in [0.15, 0.2) is 69.9 Å². The van der Waals surface area contributed by atoms with Gasteiger partial charge in [-0.05, 0) is 48.0 Å². The SMILES string of the molecule is COc1cc(/C=C/C(=O)O[C@H]2[C@@H](OC[C@@H]3O[C@H](Oc4c(-c5ccc(O)cc5)oc5cc(O)cc(O)c5c4=O)[C@H](O)[C@@H](O)[C@@H]3O)O[C@@H](CO)[C@@H](O)[C@@H]2O)ccc1O. The molecule has 2 fully saturated rings. The maximum absolute atomic E-state index is 13.8. The average molecular weight is 787 g/mol. The van der Waals surface area contributed by atoms with Gasteiger partial charge in [0.1, 0.15) is 70.9 Å². The number of fused-ring (bicyclic) bond motifs is 1. The largest absolute Gasteiger partial charge is 0.508 e. The van der Waals surface area contributed by atoms with Gasteiger partial charge in [-0.2, -0.15) is 0 Å². The molecule has 0 unspecified atom stereocenters. The molecule has 0 aliphatic carbocycles. The van der Waals surface area contributed by atoms with E-state index in [-0.39, 0.29) is 34.2 Å². The van der Waals surface area contributed by atoms with Gasteiger partial charge in [-0.3, -0.25) is 4.79 Å². The zero-order valence-corrected chi connectivity index (χ0v) is 29.2. The molecule has 2 aliphatic rings. The van der Waals surface area contributed by atoms with Gasteiger partial charge in [0.15, 0.2) is 29.7 Å². The van der Waals surface area contributed by atoms with Crippen LogP contribution in [0.25, 0.3) is 28.4 Å². The van der Waals surface area contributed by atoms with Gasteiger partial charge in [0.05, 0.1) is 20.3 Å². The van der Waals surface area contributed by atoms with Gasteiger partial charge in [-0.1, -0.05) is 6.07 Å². The number of ether oxygens (including phenoxy) is 6. The van der Waals surface area contributed by atoms with E-state index in [0.717, 1.165) is 18.2 Å². The maximum Gasteiger partial charge on any atom is 0.331 e. The Morgan fingerprint density at radius 3 is 2.18 bits per heavy atom. The minimum atomic E-state index is -2.02. The number of esters is 1. The number of phenols is 4. The number of aliphatic hydroxyl groups is 6. The Morgan fingerprint density at radius 1 is 0.786 bits per heavy atom. The van der Waals surface area contributed by atoms with E-state index in [1.165, 1.54) is 55.7 Å². The number of phenolic OH excluding ortho intramolecular Hbond substituents is 4. The van der Waals surface area contributed by atoms with Crippen LogP contribution in [0.3, 0.4) is 0 Å². The number of benzene rings is 3. The third-order valence-corrected chi connectivity index (χ3v) is 9.07. The second-order valence-electron chi connectivity index (χ2n) is 12.8. The molecule has 0 amide bonds. The first-order chi connectivity index (χ1) is 26.7. The van der Waals surface area contributed by atoms with Crippen molar-refractivity contribution in [1.29, 1.82) is 0 Å². The van der Waals surface area contributed by atoms with Crippen LogP contribution in [0.1, 0.15) is 5.56 Å². The van der Waals surface area contributed by atoms with Crippen molar-refractivity contribution >= 4 is 23.0 Å². The van der Waals surface area contributed by atoms with Gasteiger partial charge in [-0.25, -0.2) is 4.79 Å². The minimum absolute atomic E-state index is 0.125. The zero-order chi connectivity index (χ0) is 40.4. The molecule has 19 heteroatoms. The Balaban J connectivity index is 1.24. The standard InChI is InChI=1S/C37H38O19/c1-50-21-10-15(2-8-19(21)41)3-9-25(43)55-35-31(48)27(44)23(13-38)53-37(35)51-14-24-28(45)30(47)32(49)36(54-24)56-34-29(46)26-20(42)11-18(40)12-22(26)52-33(34)16-4-6-17(39)7-5-16/h2-12,23-24,27-28,30-32,35-42,44-45,47-49H,13-14H2,1H3/b9-3+/t23-,24-,27+,28+,30-,31-,32+,35+,36+,37-/m0/s1. The molecule has 10 N–H and O–H groups in total. The van der Waals surface area contributed by atoms with Crippen molar-refractivity contribution in [2.45, 2.75) is 61.4 Å². The monoisotopic (exact) mass is 786 g/mol. The van der Waals surface area contributed by atoms with Crippen molar-refractivity contribution in [1.82, 2.24) is 0 Å². The van der Waals surface area contributed by atoms with Gasteiger partial charge < -0.3 is 83.9 Å². The maximum atomic E-state index is 13.8. The average Bonchev–Trinajstić information content (AvgIpc) is 3.17. The van der Waals surface area contributed by atoms with Crippen LogP contribution in [0.5, 0.6) is 34.5 Å². The van der Waals surface area contributed by atoms with E-state index in [9.17, 15) is 60.7 Å². The lowest BCUT2D eigenvalue weighted by Crippen LogP contribution is -2.62. The van der Waals surface area contributed by atoms with Crippen LogP contribution in [-0.2, 0) is 23.7 Å². The Morgan fingerprint density at radius 2 is 1.48 bits per heavy atom. The molecule has 2 saturated heterocycles. The summed E-state index contributed by atoms with van der Waals surface area (Å²) in [6.45, 7) is -1.55. The summed E-state index contributed by atoms with van der Waals surface area (Å²) in [4.78, 5) is 26.6. The van der Waals surface area contributed by atoms with E-state index < -0.39 is 109 Å². The van der Waals surface area contributed by atoms with E-state index in [0.29, 0.717) is 5.56 Å². The molecule has 300 valence electrons. The van der Waals surface area contributed by atoms with E-state index in [1.807, 2.05) is 0 Å². The third-order valence-electron chi connectivity index (χ3n) is 9.07. The number of carbonyl (C=O) groups excluding carboxylic acids is 1. The highest BCUT2D eigenvalue weighted by Crippen LogP contribution is 2.38. The van der Waals surface area contributed by atoms with Gasteiger partial charge in [-0.15, -0.1) is 0 Å². The fourth-order valence-electron chi connectivity index (χ4n) is 6.09. The summed E-state index contributed by atoms with van der Waals surface area (Å²) < 4.78 is 39.0. The molecule has 0 radical (unpaired) electrons. The summed E-state index contributed by atoms with van der Waals surface area (Å²) >= 11 is 0. The predicted molar refractivity (Wildman–Crippen MR) is 188 cm³/mol. The summed E-state index contributed by atoms with van der Waals surface area (Å²) in [5.74, 6) is -3.29. The first-order valence-electron chi connectivity index (χ1n) is 16.9. The van der Waals surface area contributed by atoms with Crippen LogP contribution in [0, 0.1) is 0 Å². The highest BCUT2D eigenvalue weighted by molar-refractivity contribution is 5.88. The third kappa shape index (κ3) is 8.21. The fraction of sp³-hybridized carbons (Fsp3) is 0.351. The number of aromatic hydroxyl groups is 4. The van der Waals surface area contributed by atoms with Gasteiger partial charge in [0.2, 0.25) is 17.5 Å². The number of aliphatic hydroxyl groups excluding tert-OH is 6. The molecule has 0 saturated carbocycles. The Bertz CT molecular complexity index is 2120. The quantitative estimate of drug-likeness (QED) is 0.0680. The lowest BCUT2D eigenvalue weighted by molar-refractivity contribution is -0.324. The van der Waals surface area contributed by atoms with Crippen LogP contribution in [0.2, 0.25) is 0 Å². The molecule has 3 heterocycles. The summed E-state index contributed by atoms with van der Waals surface area (Å²) in [7, 11) is 1.33. The fourth-order valence-corrected chi connectivity index (χ4v) is 6.09. The Labute approximate surface area is 315 Å². The highest BCUT2D eigenvalue weighted by Gasteiger charge is 2.50. The molecule has 56 heavy (non-hydrogen) atoms. The number of rotatable bonds is 11. The topological polar surface area (TPSA) is 305 Å². The second-order valence-corrected chi connectivity index (χ2v) is 12.8. The van der Waals surface area contributed by atoms with E-state index in [2.05, 4.69) is 0 Å². The van der Waals surface area contributed by atoms with Crippen molar-refractivity contribution in [2.24, 2.45) is 0 Å². The molecule has 2 aliphatic heterocycles. The smallest absolute Gasteiger partial charge is 0.331 e. The molecule has 0 bridgehead atoms. The Kier molecular flexibility index (Phi) is 12.0. The minimum Gasteiger partial charge on any atom is -0.508 e. The number of carbonyl (C=O) groups is 1. The van der Waals surface area contributed by atoms with Crippen molar-refractivity contribution < 1.29 is 88.7 Å². The second kappa shape index (κ2) is 16.7. The summed E-state index contributed by atoms with van der Waals surface area (Å²) in [5, 5.41) is 103. The Hall–Kier alpha value is -5.48. The first kappa shape index (κ1) is 40.2. The molecule has 1 aromatic heterocycles. The van der Waals surface area contributed by atoms with Gasteiger partial charge in [0.25, 0.3) is 0 Å². The molecule has 4 aromatic rings. The molecule has 10 atom stereocenters. The molecule has 0 spiro atoms. The van der Waals surface area contributed by atoms with E-state index in [4.69, 9.17) is 32.8 Å². The molecule has 19 nitrogen and oxygen atoms in total. The van der Waals surface area contributed by atoms with Crippen molar-refractivity contribution in [3.8, 4) is 45.8 Å². The van der Waals surface area contributed by atoms with Crippen LogP contribution in [-0.4, -0.2) is 139 Å². The highest BCUT2D eigenvalue weighted by atomic mass is 16.7. The molecular weight excluding hydrogens is 748 g/mol. The van der Waals surface area contributed by atoms with Crippen LogP contribution in [0.4, 0.5) is 0 Å². The lowest BCUT2D eigenvalue weighted by atomic mass is 9.98. The number of hydrogen-bond acceptors (Lipinski definition) is 19. The summed E-state index contributed by atoms with van der Waals surface area (Å²) in [6.07, 6.45) is -15.7. The van der Waals surface area contributed by atoms with Crippen LogP contribution >= 0.6 is 0 Å². The summed E-state index contributed by atoms with van der Waals surface area (Å²) in [5.41, 5.74) is -0.698. The predicted octanol–water partition coefficient (Wildman–Crippen LogP) is -0.442. The van der Waals surface area contributed by atoms with Crippen molar-refractivity contribution in [2.75, 3.05) is 20.3 Å². The molecule has 6 rings (SSSR count). The van der Waals surface area contributed by atoms with Crippen LogP contribution < -0.4 is 14.9 Å². The van der Waals surface area contributed by atoms with Gasteiger partial charge >= 0.3 is 5.97 Å².